The van der Waals surface area contributed by atoms with Crippen LogP contribution in [0.25, 0.3) is 0 Å². The van der Waals surface area contributed by atoms with E-state index < -0.39 is 6.04 Å². The number of nitrogens with zero attached hydrogens (tertiary/aromatic N) is 1. The smallest absolute Gasteiger partial charge is 0.243 e. The average Bonchev–Trinajstić information content (AvgIpc) is 3.26. The molecule has 1 atom stereocenters. The van der Waals surface area contributed by atoms with Crippen molar-refractivity contribution in [3.63, 3.8) is 0 Å². The SMILES string of the molecule is CC[C@@H](C(=O)NC1CCCC1)N(Cc1ccccc1)C(=O)CSc1ccc(C)cc1. The van der Waals surface area contributed by atoms with Crippen LogP contribution in [0, 0.1) is 6.92 Å². The molecule has 0 unspecified atom stereocenters. The molecule has 1 aliphatic carbocycles. The largest absolute Gasteiger partial charge is 0.352 e. The van der Waals surface area contributed by atoms with Crippen LogP contribution < -0.4 is 5.32 Å². The predicted molar refractivity (Wildman–Crippen MR) is 123 cm³/mol. The van der Waals surface area contributed by atoms with Crippen molar-refractivity contribution in [1.29, 1.82) is 0 Å². The van der Waals surface area contributed by atoms with Gasteiger partial charge >= 0.3 is 0 Å². The number of nitrogens with one attached hydrogen (secondary N) is 1. The summed E-state index contributed by atoms with van der Waals surface area (Å²) in [5.41, 5.74) is 2.24. The number of carbonyl (C=O) groups is 2. The van der Waals surface area contributed by atoms with Crippen LogP contribution in [-0.4, -0.2) is 34.6 Å². The summed E-state index contributed by atoms with van der Waals surface area (Å²) in [5, 5.41) is 3.19. The van der Waals surface area contributed by atoms with E-state index >= 15 is 0 Å². The quantitative estimate of drug-likeness (QED) is 0.579. The minimum absolute atomic E-state index is 0.00199. The number of rotatable bonds is 9. The minimum Gasteiger partial charge on any atom is -0.352 e. The molecule has 2 amide bonds. The van der Waals surface area contributed by atoms with Gasteiger partial charge in [0.25, 0.3) is 0 Å². The van der Waals surface area contributed by atoms with Gasteiger partial charge in [0.05, 0.1) is 5.75 Å². The highest BCUT2D eigenvalue weighted by molar-refractivity contribution is 8.00. The van der Waals surface area contributed by atoms with Gasteiger partial charge in [0.15, 0.2) is 0 Å². The molecule has 5 heteroatoms. The Balaban J connectivity index is 1.72. The van der Waals surface area contributed by atoms with Crippen molar-refractivity contribution >= 4 is 23.6 Å². The van der Waals surface area contributed by atoms with Gasteiger partial charge in [0.2, 0.25) is 11.8 Å². The lowest BCUT2D eigenvalue weighted by Gasteiger charge is -2.31. The normalized spacial score (nSPS) is 15.0. The predicted octanol–water partition coefficient (Wildman–Crippen LogP) is 4.95. The molecule has 1 saturated carbocycles. The van der Waals surface area contributed by atoms with Crippen molar-refractivity contribution < 1.29 is 9.59 Å². The lowest BCUT2D eigenvalue weighted by atomic mass is 10.1. The molecule has 0 saturated heterocycles. The van der Waals surface area contributed by atoms with Crippen molar-refractivity contribution in [3.05, 3.63) is 65.7 Å². The summed E-state index contributed by atoms with van der Waals surface area (Å²) in [5.74, 6) is 0.301. The fourth-order valence-corrected chi connectivity index (χ4v) is 4.71. The third-order valence-corrected chi connectivity index (χ3v) is 6.66. The lowest BCUT2D eigenvalue weighted by molar-refractivity contribution is -0.139. The highest BCUT2D eigenvalue weighted by Crippen LogP contribution is 2.22. The molecule has 0 spiro atoms. The van der Waals surface area contributed by atoms with E-state index in [-0.39, 0.29) is 17.9 Å². The molecule has 0 heterocycles. The van der Waals surface area contributed by atoms with Crippen LogP contribution in [0.3, 0.4) is 0 Å². The minimum atomic E-state index is -0.447. The molecule has 2 aromatic carbocycles. The number of carbonyl (C=O) groups excluding carboxylic acids is 2. The third kappa shape index (κ3) is 6.36. The fourth-order valence-electron chi connectivity index (χ4n) is 3.93. The van der Waals surface area contributed by atoms with Crippen LogP contribution >= 0.6 is 11.8 Å². The molecule has 0 aliphatic heterocycles. The second-order valence-corrected chi connectivity index (χ2v) is 9.07. The first-order chi connectivity index (χ1) is 14.6. The summed E-state index contributed by atoms with van der Waals surface area (Å²) in [6, 6.07) is 17.9. The Morgan fingerprint density at radius 3 is 2.37 bits per heavy atom. The van der Waals surface area contributed by atoms with Gasteiger partial charge in [-0.2, -0.15) is 0 Å². The average molecular weight is 425 g/mol. The van der Waals surface area contributed by atoms with Gasteiger partial charge in [-0.15, -0.1) is 11.8 Å². The molecular formula is C25H32N2O2S. The molecule has 2 aromatic rings. The maximum atomic E-state index is 13.3. The summed E-state index contributed by atoms with van der Waals surface area (Å²) in [6.45, 7) is 4.48. The molecule has 160 valence electrons. The fraction of sp³-hybridized carbons (Fsp3) is 0.440. The van der Waals surface area contributed by atoms with Gasteiger partial charge in [0, 0.05) is 17.5 Å². The van der Waals surface area contributed by atoms with Crippen LogP contribution in [0.1, 0.15) is 50.2 Å². The van der Waals surface area contributed by atoms with Gasteiger partial charge in [-0.05, 0) is 43.9 Å². The number of thioether (sulfide) groups is 1. The first-order valence-corrected chi connectivity index (χ1v) is 11.9. The molecule has 0 aromatic heterocycles. The van der Waals surface area contributed by atoms with Gasteiger partial charge in [-0.25, -0.2) is 0 Å². The third-order valence-electron chi connectivity index (χ3n) is 5.67. The van der Waals surface area contributed by atoms with Gasteiger partial charge in [-0.1, -0.05) is 67.8 Å². The monoisotopic (exact) mass is 424 g/mol. The molecule has 0 radical (unpaired) electrons. The highest BCUT2D eigenvalue weighted by atomic mass is 32.2. The van der Waals surface area contributed by atoms with E-state index in [2.05, 4.69) is 24.4 Å². The Hall–Kier alpha value is -2.27. The van der Waals surface area contributed by atoms with Crippen LogP contribution in [0.4, 0.5) is 0 Å². The molecule has 1 fully saturated rings. The van der Waals surface area contributed by atoms with Crippen LogP contribution in [0.15, 0.2) is 59.5 Å². The highest BCUT2D eigenvalue weighted by Gasteiger charge is 2.30. The molecule has 4 nitrogen and oxygen atoms in total. The number of hydrogen-bond donors (Lipinski definition) is 1. The molecule has 0 bridgehead atoms. The summed E-state index contributed by atoms with van der Waals surface area (Å²) < 4.78 is 0. The molecular weight excluding hydrogens is 392 g/mol. The zero-order chi connectivity index (χ0) is 21.3. The molecule has 3 rings (SSSR count). The van der Waals surface area contributed by atoms with E-state index in [9.17, 15) is 9.59 Å². The molecule has 30 heavy (non-hydrogen) atoms. The number of aryl methyl sites for hydroxylation is 1. The maximum absolute atomic E-state index is 13.3. The van der Waals surface area contributed by atoms with Crippen LogP contribution in [0.2, 0.25) is 0 Å². The van der Waals surface area contributed by atoms with Crippen molar-refractivity contribution in [2.45, 2.75) is 69.5 Å². The summed E-state index contributed by atoms with van der Waals surface area (Å²) >= 11 is 1.53. The van der Waals surface area contributed by atoms with Gasteiger partial charge < -0.3 is 10.2 Å². The zero-order valence-electron chi connectivity index (χ0n) is 18.0. The van der Waals surface area contributed by atoms with Crippen LogP contribution in [-0.2, 0) is 16.1 Å². The number of amides is 2. The Morgan fingerprint density at radius 2 is 1.73 bits per heavy atom. The summed E-state index contributed by atoms with van der Waals surface area (Å²) in [4.78, 5) is 29.2. The Labute approximate surface area is 184 Å². The summed E-state index contributed by atoms with van der Waals surface area (Å²) in [6.07, 6.45) is 5.02. The first kappa shape index (κ1) is 22.4. The van der Waals surface area contributed by atoms with Crippen molar-refractivity contribution in [3.8, 4) is 0 Å². The van der Waals surface area contributed by atoms with E-state index in [1.165, 1.54) is 30.2 Å². The van der Waals surface area contributed by atoms with Gasteiger partial charge in [-0.3, -0.25) is 9.59 Å². The van der Waals surface area contributed by atoms with E-state index in [0.29, 0.717) is 18.7 Å². The molecule has 1 aliphatic rings. The molecule has 1 N–H and O–H groups in total. The van der Waals surface area contributed by atoms with Crippen molar-refractivity contribution in [1.82, 2.24) is 10.2 Å². The Morgan fingerprint density at radius 1 is 1.07 bits per heavy atom. The topological polar surface area (TPSA) is 49.4 Å². The number of hydrogen-bond acceptors (Lipinski definition) is 3. The first-order valence-electron chi connectivity index (χ1n) is 10.9. The van der Waals surface area contributed by atoms with E-state index in [0.717, 1.165) is 23.3 Å². The van der Waals surface area contributed by atoms with Crippen molar-refractivity contribution in [2.75, 3.05) is 5.75 Å². The lowest BCUT2D eigenvalue weighted by Crippen LogP contribution is -2.51. The number of benzene rings is 2. The van der Waals surface area contributed by atoms with Crippen LogP contribution in [0.5, 0.6) is 0 Å². The van der Waals surface area contributed by atoms with Crippen molar-refractivity contribution in [2.24, 2.45) is 0 Å². The zero-order valence-corrected chi connectivity index (χ0v) is 18.8. The van der Waals surface area contributed by atoms with E-state index in [4.69, 9.17) is 0 Å². The Kier molecular flexibility index (Phi) is 8.38. The van der Waals surface area contributed by atoms with E-state index in [1.54, 1.807) is 4.90 Å². The second-order valence-electron chi connectivity index (χ2n) is 8.02. The maximum Gasteiger partial charge on any atom is 0.243 e. The Bertz CT molecular complexity index is 817. The summed E-state index contributed by atoms with van der Waals surface area (Å²) in [7, 11) is 0. The van der Waals surface area contributed by atoms with Gasteiger partial charge in [0.1, 0.15) is 6.04 Å². The second kappa shape index (κ2) is 11.2. The van der Waals surface area contributed by atoms with E-state index in [1.807, 2.05) is 49.4 Å². The standard InChI is InChI=1S/C25H32N2O2S/c1-3-23(25(29)26-21-11-7-8-12-21)27(17-20-9-5-4-6-10-20)24(28)18-30-22-15-13-19(2)14-16-22/h4-6,9-10,13-16,21,23H,3,7-8,11-12,17-18H2,1-2H3,(H,26,29)/t23-/m0/s1.